The summed E-state index contributed by atoms with van der Waals surface area (Å²) in [4.78, 5) is 18.4. The van der Waals surface area contributed by atoms with Crippen LogP contribution in [-0.4, -0.2) is 38.4 Å². The van der Waals surface area contributed by atoms with E-state index in [4.69, 9.17) is 4.74 Å². The molecule has 1 amide bonds. The summed E-state index contributed by atoms with van der Waals surface area (Å²) in [5.74, 6) is 0.921. The van der Waals surface area contributed by atoms with E-state index in [2.05, 4.69) is 26.6 Å². The topological polar surface area (TPSA) is 81.4 Å². The number of thiazole rings is 1. The van der Waals surface area contributed by atoms with Gasteiger partial charge in [-0.1, -0.05) is 11.8 Å². The molecule has 5 rings (SSSR count). The fourth-order valence-corrected chi connectivity index (χ4v) is 5.60. The van der Waals surface area contributed by atoms with Crippen LogP contribution in [0.4, 0.5) is 5.13 Å². The number of carbonyl (C=O) groups is 1. The number of pyridine rings is 1. The molecule has 0 saturated heterocycles. The van der Waals surface area contributed by atoms with Crippen LogP contribution in [0.5, 0.6) is 5.75 Å². The molecular weight excluding hydrogens is 418 g/mol. The van der Waals surface area contributed by atoms with Gasteiger partial charge in [-0.2, -0.15) is 0 Å². The lowest BCUT2D eigenvalue weighted by atomic mass is 10.0. The standard InChI is InChI=1S/C21H21N5O2S2/c1-12-9-13-7-8-14(28-2)10-16(13)26-19(12)24-25-21(26)29-11-18(27)23-20-22-15-5-3-4-6-17(15)30-20/h7-10H,3-6,11H2,1-2H3,(H,22,23,27). The maximum absolute atomic E-state index is 12.5. The van der Waals surface area contributed by atoms with Crippen LogP contribution in [0.25, 0.3) is 16.6 Å². The van der Waals surface area contributed by atoms with Crippen molar-refractivity contribution in [2.24, 2.45) is 0 Å². The normalized spacial score (nSPS) is 13.5. The molecule has 0 unspecified atom stereocenters. The van der Waals surface area contributed by atoms with Crippen molar-refractivity contribution in [1.29, 1.82) is 0 Å². The van der Waals surface area contributed by atoms with Crippen LogP contribution in [0, 0.1) is 6.92 Å². The van der Waals surface area contributed by atoms with E-state index in [0.717, 1.165) is 46.4 Å². The highest BCUT2D eigenvalue weighted by molar-refractivity contribution is 7.99. The molecule has 0 spiro atoms. The first-order valence-corrected chi connectivity index (χ1v) is 11.7. The molecule has 1 aromatic carbocycles. The molecule has 0 radical (unpaired) electrons. The summed E-state index contributed by atoms with van der Waals surface area (Å²) in [5, 5.41) is 14.1. The van der Waals surface area contributed by atoms with Gasteiger partial charge in [-0.15, -0.1) is 21.5 Å². The maximum atomic E-state index is 12.5. The Hall–Kier alpha value is -2.65. The number of nitrogens with zero attached hydrogens (tertiary/aromatic N) is 4. The average molecular weight is 440 g/mol. The van der Waals surface area contributed by atoms with Crippen LogP contribution in [0.15, 0.2) is 29.4 Å². The highest BCUT2D eigenvalue weighted by Gasteiger charge is 2.18. The fraction of sp³-hybridized carbons (Fsp3) is 0.333. The molecule has 154 valence electrons. The van der Waals surface area contributed by atoms with Crippen molar-refractivity contribution in [3.05, 3.63) is 40.4 Å². The third-order valence-electron chi connectivity index (χ3n) is 5.26. The molecule has 1 aliphatic rings. The number of carbonyl (C=O) groups excluding carboxylic acids is 1. The minimum Gasteiger partial charge on any atom is -0.497 e. The predicted octanol–water partition coefficient (Wildman–Crippen LogP) is 4.27. The van der Waals surface area contributed by atoms with Crippen LogP contribution in [-0.2, 0) is 17.6 Å². The van der Waals surface area contributed by atoms with Gasteiger partial charge in [-0.05, 0) is 61.8 Å². The number of rotatable bonds is 5. The number of hydrogen-bond donors (Lipinski definition) is 1. The first-order chi connectivity index (χ1) is 14.6. The lowest BCUT2D eigenvalue weighted by molar-refractivity contribution is -0.113. The smallest absolute Gasteiger partial charge is 0.236 e. The molecule has 0 aliphatic heterocycles. The second kappa shape index (κ2) is 7.88. The van der Waals surface area contributed by atoms with Gasteiger partial charge in [-0.3, -0.25) is 9.20 Å². The lowest BCUT2D eigenvalue weighted by Crippen LogP contribution is -2.14. The van der Waals surface area contributed by atoms with Gasteiger partial charge in [0.1, 0.15) is 5.75 Å². The second-order valence-corrected chi connectivity index (χ2v) is 9.35. The number of nitrogens with one attached hydrogen (secondary N) is 1. The number of ether oxygens (including phenoxy) is 1. The van der Waals surface area contributed by atoms with Gasteiger partial charge >= 0.3 is 0 Å². The van der Waals surface area contributed by atoms with Gasteiger partial charge in [0.25, 0.3) is 0 Å². The molecule has 0 bridgehead atoms. The number of aryl methyl sites for hydroxylation is 3. The highest BCUT2D eigenvalue weighted by atomic mass is 32.2. The molecule has 1 aliphatic carbocycles. The molecule has 0 saturated carbocycles. The number of aromatic nitrogens is 4. The zero-order chi connectivity index (χ0) is 20.7. The third kappa shape index (κ3) is 3.52. The Morgan fingerprint density at radius 1 is 1.27 bits per heavy atom. The van der Waals surface area contributed by atoms with E-state index in [1.807, 2.05) is 29.5 Å². The van der Waals surface area contributed by atoms with Crippen molar-refractivity contribution in [3.8, 4) is 5.75 Å². The first kappa shape index (κ1) is 19.3. The Labute approximate surface area is 181 Å². The number of anilines is 1. The largest absolute Gasteiger partial charge is 0.497 e. The summed E-state index contributed by atoms with van der Waals surface area (Å²) in [7, 11) is 1.65. The molecule has 0 fully saturated rings. The minimum absolute atomic E-state index is 0.0858. The third-order valence-corrected chi connectivity index (χ3v) is 7.26. The van der Waals surface area contributed by atoms with Crippen molar-refractivity contribution >= 4 is 50.7 Å². The average Bonchev–Trinajstić information content (AvgIpc) is 3.36. The first-order valence-electron chi connectivity index (χ1n) is 9.86. The number of amides is 1. The van der Waals surface area contributed by atoms with Crippen LogP contribution in [0.2, 0.25) is 0 Å². The molecule has 7 nitrogen and oxygen atoms in total. The molecule has 9 heteroatoms. The van der Waals surface area contributed by atoms with E-state index in [1.54, 1.807) is 18.4 Å². The number of benzene rings is 1. The number of fused-ring (bicyclic) bond motifs is 4. The van der Waals surface area contributed by atoms with E-state index < -0.39 is 0 Å². The molecule has 3 heterocycles. The summed E-state index contributed by atoms with van der Waals surface area (Å²) >= 11 is 2.97. The van der Waals surface area contributed by atoms with Crippen molar-refractivity contribution in [3.63, 3.8) is 0 Å². The Kier molecular flexibility index (Phi) is 5.08. The maximum Gasteiger partial charge on any atom is 0.236 e. The zero-order valence-electron chi connectivity index (χ0n) is 16.8. The van der Waals surface area contributed by atoms with Crippen LogP contribution >= 0.6 is 23.1 Å². The summed E-state index contributed by atoms with van der Waals surface area (Å²) in [6.07, 6.45) is 4.46. The molecule has 30 heavy (non-hydrogen) atoms. The van der Waals surface area contributed by atoms with Gasteiger partial charge in [0.2, 0.25) is 5.91 Å². The predicted molar refractivity (Wildman–Crippen MR) is 120 cm³/mol. The van der Waals surface area contributed by atoms with E-state index in [0.29, 0.717) is 10.3 Å². The van der Waals surface area contributed by atoms with Crippen molar-refractivity contribution < 1.29 is 9.53 Å². The highest BCUT2D eigenvalue weighted by Crippen LogP contribution is 2.31. The van der Waals surface area contributed by atoms with Gasteiger partial charge in [0.15, 0.2) is 15.9 Å². The Balaban J connectivity index is 1.38. The quantitative estimate of drug-likeness (QED) is 0.468. The molecular formula is C21H21N5O2S2. The number of thioether (sulfide) groups is 1. The van der Waals surface area contributed by atoms with Gasteiger partial charge in [0, 0.05) is 10.9 Å². The van der Waals surface area contributed by atoms with Crippen LogP contribution < -0.4 is 10.1 Å². The molecule has 4 aromatic rings. The molecule has 3 aromatic heterocycles. The SMILES string of the molecule is COc1ccc2cc(C)c3nnc(SCC(=O)Nc4nc5c(s4)CCCC5)n3c2c1. The Bertz CT molecular complexity index is 1240. The fourth-order valence-electron chi connectivity index (χ4n) is 3.79. The summed E-state index contributed by atoms with van der Waals surface area (Å²) in [5.41, 5.74) is 3.92. The van der Waals surface area contributed by atoms with Gasteiger partial charge in [0.05, 0.1) is 24.1 Å². The molecule has 0 atom stereocenters. The summed E-state index contributed by atoms with van der Waals surface area (Å²) < 4.78 is 7.38. The van der Waals surface area contributed by atoms with Crippen LogP contribution in [0.3, 0.4) is 0 Å². The van der Waals surface area contributed by atoms with Crippen molar-refractivity contribution in [2.75, 3.05) is 18.2 Å². The number of methoxy groups -OCH3 is 1. The number of hydrogen-bond acceptors (Lipinski definition) is 7. The van der Waals surface area contributed by atoms with Crippen LogP contribution in [0.1, 0.15) is 29.0 Å². The second-order valence-electron chi connectivity index (χ2n) is 7.33. The van der Waals surface area contributed by atoms with Crippen molar-refractivity contribution in [2.45, 2.75) is 37.8 Å². The van der Waals surface area contributed by atoms with E-state index in [1.165, 1.54) is 29.5 Å². The monoisotopic (exact) mass is 439 g/mol. The Morgan fingerprint density at radius 3 is 2.97 bits per heavy atom. The molecule has 1 N–H and O–H groups in total. The van der Waals surface area contributed by atoms with E-state index in [9.17, 15) is 4.79 Å². The van der Waals surface area contributed by atoms with Crippen molar-refractivity contribution in [1.82, 2.24) is 19.6 Å². The van der Waals surface area contributed by atoms with Gasteiger partial charge in [-0.25, -0.2) is 4.98 Å². The zero-order valence-corrected chi connectivity index (χ0v) is 18.4. The minimum atomic E-state index is -0.0858. The summed E-state index contributed by atoms with van der Waals surface area (Å²) in [6, 6.07) is 8.01. The Morgan fingerprint density at radius 2 is 2.13 bits per heavy atom. The lowest BCUT2D eigenvalue weighted by Gasteiger charge is -2.08. The summed E-state index contributed by atoms with van der Waals surface area (Å²) in [6.45, 7) is 2.01. The van der Waals surface area contributed by atoms with Gasteiger partial charge < -0.3 is 10.1 Å². The van der Waals surface area contributed by atoms with E-state index in [-0.39, 0.29) is 11.7 Å². The van der Waals surface area contributed by atoms with E-state index >= 15 is 0 Å².